The number of halogens is 1. The molecule has 1 fully saturated rings. The van der Waals surface area contributed by atoms with Gasteiger partial charge in [-0.2, -0.15) is 0 Å². The molecule has 1 atom stereocenters. The third-order valence-electron chi connectivity index (χ3n) is 1.70. The highest BCUT2D eigenvalue weighted by Crippen LogP contribution is 2.15. The first-order valence-corrected chi connectivity index (χ1v) is 3.70. The maximum atomic E-state index is 11.1. The minimum atomic E-state index is -0.851. The Morgan fingerprint density at radius 3 is 2.58 bits per heavy atom. The fourth-order valence-electron chi connectivity index (χ4n) is 1.05. The molecule has 5 nitrogen and oxygen atoms in total. The van der Waals surface area contributed by atoms with Crippen molar-refractivity contribution in [3.63, 3.8) is 0 Å². The smallest absolute Gasteiger partial charge is 0.278 e. The summed E-state index contributed by atoms with van der Waals surface area (Å²) in [4.78, 5) is 33.8. The number of carbonyl (C=O) groups excluding carboxylic acids is 3. The summed E-state index contributed by atoms with van der Waals surface area (Å²) in [7, 11) is 0. The van der Waals surface area contributed by atoms with E-state index in [1.54, 1.807) is 6.92 Å². The van der Waals surface area contributed by atoms with E-state index in [1.807, 2.05) is 0 Å². The SMILES string of the molecule is CC1CN(C(=O)Cl)C(=O)N1C=O. The Morgan fingerprint density at radius 2 is 2.33 bits per heavy atom. The Hall–Kier alpha value is -1.10. The lowest BCUT2D eigenvalue weighted by Crippen LogP contribution is -2.33. The van der Waals surface area contributed by atoms with Gasteiger partial charge in [-0.25, -0.2) is 9.69 Å². The molecule has 66 valence electrons. The van der Waals surface area contributed by atoms with Gasteiger partial charge in [0, 0.05) is 0 Å². The van der Waals surface area contributed by atoms with Gasteiger partial charge in [0.1, 0.15) is 0 Å². The fraction of sp³-hybridized carbons (Fsp3) is 0.500. The van der Waals surface area contributed by atoms with Crippen LogP contribution in [-0.4, -0.2) is 40.2 Å². The lowest BCUT2D eigenvalue weighted by atomic mass is 10.3. The predicted molar refractivity (Wildman–Crippen MR) is 40.7 cm³/mol. The van der Waals surface area contributed by atoms with Crippen molar-refractivity contribution < 1.29 is 14.4 Å². The third-order valence-corrected chi connectivity index (χ3v) is 1.90. The van der Waals surface area contributed by atoms with Crippen molar-refractivity contribution in [2.45, 2.75) is 13.0 Å². The van der Waals surface area contributed by atoms with Gasteiger partial charge < -0.3 is 0 Å². The van der Waals surface area contributed by atoms with E-state index in [2.05, 4.69) is 0 Å². The lowest BCUT2D eigenvalue weighted by molar-refractivity contribution is -0.116. The first-order valence-electron chi connectivity index (χ1n) is 3.32. The van der Waals surface area contributed by atoms with Crippen LogP contribution in [0.4, 0.5) is 9.59 Å². The average molecular weight is 191 g/mol. The van der Waals surface area contributed by atoms with Crippen molar-refractivity contribution in [2.24, 2.45) is 0 Å². The average Bonchev–Trinajstić information content (AvgIpc) is 2.27. The molecule has 4 amide bonds. The zero-order chi connectivity index (χ0) is 9.30. The molecule has 0 aromatic carbocycles. The molecule has 6 heteroatoms. The van der Waals surface area contributed by atoms with Crippen LogP contribution in [0.3, 0.4) is 0 Å². The molecule has 0 aromatic heterocycles. The lowest BCUT2D eigenvalue weighted by Gasteiger charge is -2.09. The molecular weight excluding hydrogens is 184 g/mol. The van der Waals surface area contributed by atoms with Crippen molar-refractivity contribution >= 4 is 29.4 Å². The molecule has 1 rings (SSSR count). The van der Waals surface area contributed by atoms with Crippen LogP contribution in [0.15, 0.2) is 0 Å². The van der Waals surface area contributed by atoms with Gasteiger partial charge in [-0.05, 0) is 18.5 Å². The van der Waals surface area contributed by atoms with Crippen molar-refractivity contribution in [1.82, 2.24) is 9.80 Å². The Kier molecular flexibility index (Phi) is 2.32. The van der Waals surface area contributed by atoms with Gasteiger partial charge in [0.15, 0.2) is 0 Å². The summed E-state index contributed by atoms with van der Waals surface area (Å²) < 4.78 is 0. The molecule has 0 spiro atoms. The van der Waals surface area contributed by atoms with E-state index in [9.17, 15) is 14.4 Å². The van der Waals surface area contributed by atoms with Gasteiger partial charge in [0.25, 0.3) is 0 Å². The van der Waals surface area contributed by atoms with Crippen LogP contribution in [-0.2, 0) is 4.79 Å². The highest BCUT2D eigenvalue weighted by molar-refractivity contribution is 6.64. The quantitative estimate of drug-likeness (QED) is 0.346. The summed E-state index contributed by atoms with van der Waals surface area (Å²) >= 11 is 5.09. The van der Waals surface area contributed by atoms with Gasteiger partial charge >= 0.3 is 11.4 Å². The summed E-state index contributed by atoms with van der Waals surface area (Å²) in [5, 5.41) is -0.851. The van der Waals surface area contributed by atoms with Crippen molar-refractivity contribution in [1.29, 1.82) is 0 Å². The molecule has 0 N–H and O–H groups in total. The van der Waals surface area contributed by atoms with Gasteiger partial charge in [0.2, 0.25) is 6.41 Å². The molecule has 1 unspecified atom stereocenters. The number of imide groups is 2. The number of hydrogen-bond donors (Lipinski definition) is 0. The van der Waals surface area contributed by atoms with Crippen LogP contribution < -0.4 is 0 Å². The second-order valence-electron chi connectivity index (χ2n) is 2.51. The predicted octanol–water partition coefficient (Wildman–Crippen LogP) is 0.628. The molecule has 1 saturated heterocycles. The van der Waals surface area contributed by atoms with Crippen LogP contribution in [0.2, 0.25) is 0 Å². The van der Waals surface area contributed by atoms with Crippen molar-refractivity contribution in [3.8, 4) is 0 Å². The number of carbonyl (C=O) groups is 3. The molecular formula is C6H7ClN2O3. The maximum Gasteiger partial charge on any atom is 0.334 e. The Morgan fingerprint density at radius 1 is 1.75 bits per heavy atom. The minimum absolute atomic E-state index is 0.167. The third kappa shape index (κ3) is 1.27. The number of hydrogen-bond acceptors (Lipinski definition) is 3. The largest absolute Gasteiger partial charge is 0.334 e. The van der Waals surface area contributed by atoms with Crippen LogP contribution in [0.25, 0.3) is 0 Å². The monoisotopic (exact) mass is 190 g/mol. The van der Waals surface area contributed by atoms with Crippen LogP contribution in [0, 0.1) is 0 Å². The molecule has 1 aliphatic rings. The maximum absolute atomic E-state index is 11.1. The number of amides is 4. The molecule has 0 aromatic rings. The van der Waals surface area contributed by atoms with Crippen molar-refractivity contribution in [2.75, 3.05) is 6.54 Å². The molecule has 1 heterocycles. The van der Waals surface area contributed by atoms with Gasteiger partial charge in [-0.15, -0.1) is 0 Å². The van der Waals surface area contributed by atoms with Gasteiger partial charge in [-0.1, -0.05) is 0 Å². The van der Waals surface area contributed by atoms with E-state index < -0.39 is 11.4 Å². The van der Waals surface area contributed by atoms with E-state index in [1.165, 1.54) is 0 Å². The standard InChI is InChI=1S/C6H7ClN2O3/c1-4-2-8(5(7)11)6(12)9(4)3-10/h3-4H,2H2,1H3. The van der Waals surface area contributed by atoms with E-state index in [4.69, 9.17) is 11.6 Å². The molecule has 0 saturated carbocycles. The van der Waals surface area contributed by atoms with E-state index >= 15 is 0 Å². The molecule has 0 bridgehead atoms. The topological polar surface area (TPSA) is 57.7 Å². The van der Waals surface area contributed by atoms with Gasteiger partial charge in [-0.3, -0.25) is 14.5 Å². The number of urea groups is 1. The molecule has 0 aliphatic carbocycles. The van der Waals surface area contributed by atoms with E-state index in [-0.39, 0.29) is 12.6 Å². The first kappa shape index (κ1) is 8.99. The summed E-state index contributed by atoms with van der Waals surface area (Å²) in [5.74, 6) is 0. The zero-order valence-electron chi connectivity index (χ0n) is 6.36. The summed E-state index contributed by atoms with van der Waals surface area (Å²) in [6.45, 7) is 1.83. The van der Waals surface area contributed by atoms with Crippen LogP contribution in [0.1, 0.15) is 6.92 Å². The second kappa shape index (κ2) is 3.10. The Labute approximate surface area is 73.9 Å². The molecule has 0 radical (unpaired) electrons. The summed E-state index contributed by atoms with van der Waals surface area (Å²) in [5.41, 5.74) is 0. The first-order chi connectivity index (χ1) is 5.57. The summed E-state index contributed by atoms with van der Waals surface area (Å²) in [6, 6.07) is -0.949. The number of nitrogens with zero attached hydrogens (tertiary/aromatic N) is 2. The minimum Gasteiger partial charge on any atom is -0.278 e. The molecule has 1 aliphatic heterocycles. The second-order valence-corrected chi connectivity index (χ2v) is 2.83. The van der Waals surface area contributed by atoms with E-state index in [0.717, 1.165) is 9.80 Å². The molecule has 12 heavy (non-hydrogen) atoms. The normalized spacial score (nSPS) is 23.2. The summed E-state index contributed by atoms with van der Waals surface area (Å²) in [6.07, 6.45) is 0.396. The van der Waals surface area contributed by atoms with Crippen molar-refractivity contribution in [3.05, 3.63) is 0 Å². The Bertz CT molecular complexity index is 243. The Balaban J connectivity index is 2.82. The van der Waals surface area contributed by atoms with Gasteiger partial charge in [0.05, 0.1) is 12.6 Å². The van der Waals surface area contributed by atoms with Crippen LogP contribution >= 0.6 is 11.6 Å². The van der Waals surface area contributed by atoms with E-state index in [0.29, 0.717) is 6.41 Å². The highest BCUT2D eigenvalue weighted by Gasteiger charge is 2.37. The number of rotatable bonds is 1. The fourth-order valence-corrected chi connectivity index (χ4v) is 1.20. The highest BCUT2D eigenvalue weighted by atomic mass is 35.5. The zero-order valence-corrected chi connectivity index (χ0v) is 7.11. The van der Waals surface area contributed by atoms with Crippen LogP contribution in [0.5, 0.6) is 0 Å².